The van der Waals surface area contributed by atoms with Gasteiger partial charge < -0.3 is 23.7 Å². The van der Waals surface area contributed by atoms with Crippen molar-refractivity contribution in [3.8, 4) is 23.0 Å². The predicted octanol–water partition coefficient (Wildman–Crippen LogP) is 10.5. The van der Waals surface area contributed by atoms with Crippen LogP contribution >= 0.6 is 11.6 Å². The molecule has 0 saturated carbocycles. The fourth-order valence-corrected chi connectivity index (χ4v) is 5.68. The number of nitro groups is 1. The first-order valence-electron chi connectivity index (χ1n) is 17.3. The number of halogens is 2. The Labute approximate surface area is 335 Å². The fourth-order valence-electron chi connectivity index (χ4n) is 5.47. The molecule has 2 heterocycles. The first-order valence-corrected chi connectivity index (χ1v) is 17.7. The first kappa shape index (κ1) is 40.2. The summed E-state index contributed by atoms with van der Waals surface area (Å²) in [5, 5.41) is 17.9. The van der Waals surface area contributed by atoms with Crippen molar-refractivity contribution in [3.05, 3.63) is 160 Å². The molecule has 0 saturated heterocycles. The number of ether oxygens (including phenoxy) is 5. The van der Waals surface area contributed by atoms with Crippen LogP contribution in [0.15, 0.2) is 128 Å². The molecule has 0 bridgehead atoms. The molecule has 294 valence electrons. The molecule has 14 nitrogen and oxygen atoms in total. The lowest BCUT2D eigenvalue weighted by Gasteiger charge is -2.14. The molecule has 16 heteroatoms. The molecule has 0 aliphatic rings. The van der Waals surface area contributed by atoms with E-state index in [0.717, 1.165) is 28.6 Å². The Morgan fingerprint density at radius 3 is 1.72 bits per heavy atom. The molecule has 7 rings (SSSR count). The Kier molecular flexibility index (Phi) is 13.1. The Bertz CT molecular complexity index is 2580. The zero-order valence-corrected chi connectivity index (χ0v) is 31.6. The molecule has 0 aliphatic heterocycles. The molecule has 0 fully saturated rings. The van der Waals surface area contributed by atoms with Crippen molar-refractivity contribution in [1.82, 2.24) is 9.97 Å². The first-order chi connectivity index (χ1) is 28.1. The highest BCUT2D eigenvalue weighted by atomic mass is 35.5. The van der Waals surface area contributed by atoms with Gasteiger partial charge in [-0.25, -0.2) is 9.59 Å². The second-order valence-electron chi connectivity index (χ2n) is 12.1. The second-order valence-corrected chi connectivity index (χ2v) is 12.5. The quantitative estimate of drug-likeness (QED) is 0.0940. The molecule has 5 aromatic carbocycles. The summed E-state index contributed by atoms with van der Waals surface area (Å²) < 4.78 is 40.9. The van der Waals surface area contributed by atoms with Crippen LogP contribution in [0.1, 0.15) is 11.1 Å². The largest absolute Gasteiger partial charge is 0.494 e. The van der Waals surface area contributed by atoms with Crippen LogP contribution in [-0.4, -0.2) is 41.3 Å². The van der Waals surface area contributed by atoms with Gasteiger partial charge in [0.05, 0.1) is 46.6 Å². The monoisotopic (exact) mass is 805 g/mol. The van der Waals surface area contributed by atoms with E-state index in [-0.39, 0.29) is 19.0 Å². The number of nitrogens with zero attached hydrogens (tertiary/aromatic N) is 3. The number of carbonyl (C=O) groups is 2. The van der Waals surface area contributed by atoms with Gasteiger partial charge in [-0.1, -0.05) is 72.3 Å². The number of rotatable bonds is 11. The van der Waals surface area contributed by atoms with Crippen molar-refractivity contribution in [1.29, 1.82) is 0 Å². The smallest absolute Gasteiger partial charge is 0.412 e. The van der Waals surface area contributed by atoms with Crippen LogP contribution in [0.4, 0.5) is 31.0 Å². The lowest BCUT2D eigenvalue weighted by molar-refractivity contribution is -0.387. The van der Waals surface area contributed by atoms with Crippen LogP contribution < -0.4 is 24.8 Å². The summed E-state index contributed by atoms with van der Waals surface area (Å²) in [5.74, 6) is 0.153. The number of anilines is 2. The lowest BCUT2D eigenvalue weighted by Crippen LogP contribution is -2.14. The zero-order valence-electron chi connectivity index (χ0n) is 30.8. The predicted molar refractivity (Wildman–Crippen MR) is 215 cm³/mol. The van der Waals surface area contributed by atoms with Crippen LogP contribution in [0, 0.1) is 15.9 Å². The molecular formula is C42H33ClFN5O9. The SMILES string of the molecule is COc1cc2nccc(Cl)c2cc1NC(=O)OCc1ccccc1.COc1cc2nccc(Oc3ccc([N+](=O)[O-])c(F)c3)c2cc1NC(=O)OCc1ccccc1. The van der Waals surface area contributed by atoms with E-state index in [9.17, 15) is 24.1 Å². The average Bonchev–Trinajstić information content (AvgIpc) is 3.23. The third-order valence-corrected chi connectivity index (χ3v) is 8.60. The Hall–Kier alpha value is -7.52. The summed E-state index contributed by atoms with van der Waals surface area (Å²) >= 11 is 6.18. The van der Waals surface area contributed by atoms with Crippen LogP contribution in [-0.2, 0) is 22.7 Å². The number of pyridine rings is 2. The van der Waals surface area contributed by atoms with Gasteiger partial charge in [0, 0.05) is 47.4 Å². The third-order valence-electron chi connectivity index (χ3n) is 8.28. The molecule has 0 spiro atoms. The van der Waals surface area contributed by atoms with Gasteiger partial charge in [-0.3, -0.25) is 30.7 Å². The number of nitrogens with one attached hydrogen (secondary N) is 2. The number of amides is 2. The molecular weight excluding hydrogens is 773 g/mol. The van der Waals surface area contributed by atoms with Gasteiger partial charge in [-0.05, 0) is 41.5 Å². The maximum Gasteiger partial charge on any atom is 0.412 e. The van der Waals surface area contributed by atoms with Crippen molar-refractivity contribution in [2.45, 2.75) is 13.2 Å². The molecule has 0 atom stereocenters. The second kappa shape index (κ2) is 18.9. The molecule has 0 radical (unpaired) electrons. The van der Waals surface area contributed by atoms with E-state index in [4.69, 9.17) is 35.3 Å². The van der Waals surface area contributed by atoms with E-state index in [1.807, 2.05) is 60.7 Å². The van der Waals surface area contributed by atoms with Crippen LogP contribution in [0.5, 0.6) is 23.0 Å². The normalized spacial score (nSPS) is 10.5. The maximum absolute atomic E-state index is 14.0. The number of hydrogen-bond donors (Lipinski definition) is 2. The Morgan fingerprint density at radius 2 is 1.21 bits per heavy atom. The molecule has 2 amide bonds. The fraction of sp³-hybridized carbons (Fsp3) is 0.0952. The molecule has 0 aliphatic carbocycles. The van der Waals surface area contributed by atoms with Gasteiger partial charge in [0.1, 0.15) is 36.2 Å². The molecule has 7 aromatic rings. The maximum atomic E-state index is 14.0. The third kappa shape index (κ3) is 10.2. The minimum Gasteiger partial charge on any atom is -0.494 e. The van der Waals surface area contributed by atoms with E-state index in [2.05, 4.69) is 20.6 Å². The van der Waals surface area contributed by atoms with Crippen LogP contribution in [0.3, 0.4) is 0 Å². The zero-order chi connectivity index (χ0) is 41.0. The van der Waals surface area contributed by atoms with Crippen molar-refractivity contribution >= 4 is 62.7 Å². The summed E-state index contributed by atoms with van der Waals surface area (Å²) in [5.41, 5.74) is 3.03. The topological polar surface area (TPSA) is 173 Å². The molecule has 2 N–H and O–H groups in total. The van der Waals surface area contributed by atoms with Gasteiger partial charge in [0.15, 0.2) is 0 Å². The van der Waals surface area contributed by atoms with Gasteiger partial charge in [0.2, 0.25) is 5.82 Å². The van der Waals surface area contributed by atoms with E-state index in [0.29, 0.717) is 50.1 Å². The molecule has 0 unspecified atom stereocenters. The van der Waals surface area contributed by atoms with Gasteiger partial charge in [-0.15, -0.1) is 0 Å². The van der Waals surface area contributed by atoms with Crippen molar-refractivity contribution in [3.63, 3.8) is 0 Å². The highest BCUT2D eigenvalue weighted by Crippen LogP contribution is 2.37. The standard InChI is InChI=1S/C24H18FN3O6.C18H15ClN2O3/c1-32-23-13-19-17(12-20(23)27-24(29)33-14-15-5-3-2-4-6-15)22(9-10-26-19)34-16-7-8-21(28(30)31)18(25)11-16;1-23-17-10-15-13(14(19)7-8-20-15)9-16(17)21-18(22)24-11-12-5-3-2-4-6-12/h2-13H,14H2,1H3,(H,27,29);2-10H,11H2,1H3,(H,21,22). The van der Waals surface area contributed by atoms with E-state index in [1.165, 1.54) is 26.5 Å². The highest BCUT2D eigenvalue weighted by Gasteiger charge is 2.18. The van der Waals surface area contributed by atoms with E-state index >= 15 is 0 Å². The minimum atomic E-state index is -1.02. The van der Waals surface area contributed by atoms with Crippen LogP contribution in [0.2, 0.25) is 5.02 Å². The van der Waals surface area contributed by atoms with Gasteiger partial charge in [0.25, 0.3) is 0 Å². The summed E-state index contributed by atoms with van der Waals surface area (Å²) in [4.78, 5) is 42.9. The summed E-state index contributed by atoms with van der Waals surface area (Å²) in [7, 11) is 2.97. The minimum absolute atomic E-state index is 0.0585. The number of benzene rings is 5. The van der Waals surface area contributed by atoms with Gasteiger partial charge >= 0.3 is 17.9 Å². The Morgan fingerprint density at radius 1 is 0.690 bits per heavy atom. The van der Waals surface area contributed by atoms with Gasteiger partial charge in [-0.2, -0.15) is 4.39 Å². The molecule has 58 heavy (non-hydrogen) atoms. The summed E-state index contributed by atoms with van der Waals surface area (Å²) in [6.45, 7) is 0.273. The number of hydrogen-bond acceptors (Lipinski definition) is 11. The van der Waals surface area contributed by atoms with Crippen molar-refractivity contribution in [2.75, 3.05) is 24.9 Å². The summed E-state index contributed by atoms with van der Waals surface area (Å²) in [6, 6.07) is 31.7. The number of nitro benzene ring substituents is 1. The van der Waals surface area contributed by atoms with Crippen molar-refractivity contribution < 1.29 is 42.6 Å². The average molecular weight is 806 g/mol. The van der Waals surface area contributed by atoms with E-state index < -0.39 is 28.6 Å². The number of fused-ring (bicyclic) bond motifs is 2. The lowest BCUT2D eigenvalue weighted by atomic mass is 10.1. The highest BCUT2D eigenvalue weighted by molar-refractivity contribution is 6.35. The van der Waals surface area contributed by atoms with Crippen molar-refractivity contribution in [2.24, 2.45) is 0 Å². The number of aromatic nitrogens is 2. The number of methoxy groups -OCH3 is 2. The summed E-state index contributed by atoms with van der Waals surface area (Å²) in [6.07, 6.45) is 1.84. The molecule has 2 aromatic heterocycles. The van der Waals surface area contributed by atoms with Crippen LogP contribution in [0.25, 0.3) is 21.8 Å². The number of carbonyl (C=O) groups excluding carboxylic acids is 2. The Balaban J connectivity index is 0.000000208. The van der Waals surface area contributed by atoms with E-state index in [1.54, 1.807) is 42.6 Å².